The molecule has 0 saturated heterocycles. The minimum Gasteiger partial charge on any atom is -0.458 e. The van der Waals surface area contributed by atoms with E-state index in [0.717, 1.165) is 0 Å². The van der Waals surface area contributed by atoms with Gasteiger partial charge in [0.1, 0.15) is 0 Å². The Morgan fingerprint density at radius 2 is 1.39 bits per heavy atom. The molecular formula is C9H18F6OSi2. The lowest BCUT2D eigenvalue weighted by Crippen LogP contribution is -2.37. The van der Waals surface area contributed by atoms with Crippen LogP contribution in [0.25, 0.3) is 0 Å². The molecule has 1 atom stereocenters. The van der Waals surface area contributed by atoms with Crippen molar-refractivity contribution >= 4 is 17.4 Å². The fourth-order valence-corrected chi connectivity index (χ4v) is 8.39. The van der Waals surface area contributed by atoms with Crippen molar-refractivity contribution in [1.82, 2.24) is 0 Å². The fraction of sp³-hybridized carbons (Fsp3) is 1.00. The minimum absolute atomic E-state index is 0.0774. The fourth-order valence-electron chi connectivity index (χ4n) is 1.47. The first-order valence-electron chi connectivity index (χ1n) is 5.62. The predicted octanol–water partition coefficient (Wildman–Crippen LogP) is 4.47. The molecule has 1 unspecified atom stereocenters. The molecule has 0 fully saturated rings. The van der Waals surface area contributed by atoms with Gasteiger partial charge in [-0.15, -0.1) is 0 Å². The molecule has 0 saturated carbocycles. The van der Waals surface area contributed by atoms with E-state index in [1.807, 2.05) is 0 Å². The summed E-state index contributed by atoms with van der Waals surface area (Å²) >= 11 is 0. The lowest BCUT2D eigenvalue weighted by atomic mass is 10.5. The van der Waals surface area contributed by atoms with Gasteiger partial charge in [-0.1, -0.05) is 0 Å². The van der Waals surface area contributed by atoms with Crippen LogP contribution in [0.4, 0.5) is 26.3 Å². The summed E-state index contributed by atoms with van der Waals surface area (Å²) in [7, 11) is -4.54. The third-order valence-corrected chi connectivity index (χ3v) is 9.08. The third-order valence-electron chi connectivity index (χ3n) is 2.37. The Morgan fingerprint density at radius 3 is 1.78 bits per heavy atom. The maximum Gasteiger partial charge on any atom is 0.388 e. The molecule has 0 aromatic heterocycles. The van der Waals surface area contributed by atoms with Crippen molar-refractivity contribution in [2.45, 2.75) is 56.9 Å². The van der Waals surface area contributed by atoms with Crippen molar-refractivity contribution in [2.75, 3.05) is 0 Å². The van der Waals surface area contributed by atoms with Crippen LogP contribution in [-0.2, 0) is 4.12 Å². The van der Waals surface area contributed by atoms with Crippen LogP contribution in [0.2, 0.25) is 31.7 Å². The number of hydrogen-bond donors (Lipinski definition) is 0. The van der Waals surface area contributed by atoms with E-state index in [9.17, 15) is 26.3 Å². The molecule has 0 spiro atoms. The monoisotopic (exact) mass is 312 g/mol. The maximum atomic E-state index is 12.1. The number of rotatable bonds is 6. The summed E-state index contributed by atoms with van der Waals surface area (Å²) in [6, 6.07) is -0.175. The topological polar surface area (TPSA) is 9.23 Å². The van der Waals surface area contributed by atoms with Crippen LogP contribution < -0.4 is 0 Å². The quantitative estimate of drug-likeness (QED) is 0.519. The molecule has 0 aromatic carbocycles. The molecule has 0 aliphatic rings. The first-order chi connectivity index (χ1) is 7.81. The average molecular weight is 312 g/mol. The Kier molecular flexibility index (Phi) is 6.41. The van der Waals surface area contributed by atoms with Crippen LogP contribution in [-0.4, -0.2) is 29.7 Å². The Hall–Kier alpha value is -0.0262. The SMILES string of the molecule is C[SiH](CCC(F)(F)F)O[Si](C)(C)CCC(F)(F)F. The van der Waals surface area contributed by atoms with Gasteiger partial charge in [-0.2, -0.15) is 26.3 Å². The number of alkyl halides is 6. The second-order valence-corrected chi connectivity index (χ2v) is 12.1. The van der Waals surface area contributed by atoms with Crippen molar-refractivity contribution in [2.24, 2.45) is 0 Å². The van der Waals surface area contributed by atoms with Crippen LogP contribution in [0.5, 0.6) is 0 Å². The van der Waals surface area contributed by atoms with Gasteiger partial charge in [-0.25, -0.2) is 0 Å². The Labute approximate surface area is 105 Å². The molecule has 18 heavy (non-hydrogen) atoms. The zero-order valence-corrected chi connectivity index (χ0v) is 12.7. The van der Waals surface area contributed by atoms with Crippen LogP contribution >= 0.6 is 0 Å². The standard InChI is InChI=1S/C9H18F6OSi2/c1-17(6-4-8(10,11)12)16-18(2,3)7-5-9(13,14)15/h17H,4-7H2,1-3H3. The van der Waals surface area contributed by atoms with E-state index in [4.69, 9.17) is 4.12 Å². The second-order valence-electron chi connectivity index (χ2n) is 4.96. The van der Waals surface area contributed by atoms with Gasteiger partial charge in [0.05, 0.1) is 0 Å². The van der Waals surface area contributed by atoms with Gasteiger partial charge in [-0.3, -0.25) is 0 Å². The Bertz CT molecular complexity index is 250. The van der Waals surface area contributed by atoms with Crippen molar-refractivity contribution in [3.63, 3.8) is 0 Å². The minimum atomic E-state index is -4.23. The summed E-state index contributed by atoms with van der Waals surface area (Å²) in [5.74, 6) is 0. The molecule has 0 aliphatic carbocycles. The molecular weight excluding hydrogens is 294 g/mol. The van der Waals surface area contributed by atoms with Gasteiger partial charge in [-0.05, 0) is 31.7 Å². The summed E-state index contributed by atoms with van der Waals surface area (Å²) in [5, 5.41) is 0. The van der Waals surface area contributed by atoms with E-state index in [0.29, 0.717) is 0 Å². The maximum absolute atomic E-state index is 12.1. The summed E-state index contributed by atoms with van der Waals surface area (Å²) < 4.78 is 77.6. The number of hydrogen-bond acceptors (Lipinski definition) is 1. The third kappa shape index (κ3) is 11.1. The van der Waals surface area contributed by atoms with Crippen molar-refractivity contribution < 1.29 is 30.5 Å². The predicted molar refractivity (Wildman–Crippen MR) is 62.5 cm³/mol. The molecule has 0 aromatic rings. The molecule has 110 valence electrons. The van der Waals surface area contributed by atoms with Gasteiger partial charge >= 0.3 is 12.4 Å². The molecule has 0 amide bonds. The van der Waals surface area contributed by atoms with E-state index in [2.05, 4.69) is 0 Å². The molecule has 1 nitrogen and oxygen atoms in total. The van der Waals surface area contributed by atoms with Crippen LogP contribution in [0.3, 0.4) is 0 Å². The molecule has 0 N–H and O–H groups in total. The molecule has 0 bridgehead atoms. The summed E-state index contributed by atoms with van der Waals surface area (Å²) in [6.07, 6.45) is -10.3. The summed E-state index contributed by atoms with van der Waals surface area (Å²) in [4.78, 5) is 0. The molecule has 9 heteroatoms. The summed E-state index contributed by atoms with van der Waals surface area (Å²) in [5.41, 5.74) is 0. The normalized spacial score (nSPS) is 15.8. The molecule has 0 radical (unpaired) electrons. The van der Waals surface area contributed by atoms with Gasteiger partial charge in [0, 0.05) is 12.8 Å². The van der Waals surface area contributed by atoms with Gasteiger partial charge in [0.25, 0.3) is 0 Å². The zero-order valence-electron chi connectivity index (χ0n) is 10.6. The van der Waals surface area contributed by atoms with E-state index in [1.165, 1.54) is 0 Å². The first kappa shape index (κ1) is 18.0. The highest BCUT2D eigenvalue weighted by Crippen LogP contribution is 2.28. The lowest BCUT2D eigenvalue weighted by molar-refractivity contribution is -0.131. The Balaban J connectivity index is 4.07. The van der Waals surface area contributed by atoms with Crippen molar-refractivity contribution in [3.05, 3.63) is 0 Å². The lowest BCUT2D eigenvalue weighted by Gasteiger charge is -2.28. The smallest absolute Gasteiger partial charge is 0.388 e. The van der Waals surface area contributed by atoms with Crippen molar-refractivity contribution in [3.8, 4) is 0 Å². The largest absolute Gasteiger partial charge is 0.458 e. The highest BCUT2D eigenvalue weighted by molar-refractivity contribution is 6.78. The average Bonchev–Trinajstić information content (AvgIpc) is 2.09. The second kappa shape index (κ2) is 6.42. The van der Waals surface area contributed by atoms with E-state index in [-0.39, 0.29) is 12.1 Å². The van der Waals surface area contributed by atoms with E-state index >= 15 is 0 Å². The Morgan fingerprint density at radius 1 is 0.944 bits per heavy atom. The highest BCUT2D eigenvalue weighted by atomic mass is 28.4. The van der Waals surface area contributed by atoms with Crippen molar-refractivity contribution in [1.29, 1.82) is 0 Å². The highest BCUT2D eigenvalue weighted by Gasteiger charge is 2.35. The first-order valence-corrected chi connectivity index (χ1v) is 11.2. The van der Waals surface area contributed by atoms with E-state index in [1.54, 1.807) is 19.6 Å². The van der Waals surface area contributed by atoms with Gasteiger partial charge in [0.2, 0.25) is 0 Å². The van der Waals surface area contributed by atoms with Gasteiger partial charge < -0.3 is 4.12 Å². The van der Waals surface area contributed by atoms with Crippen LogP contribution in [0.15, 0.2) is 0 Å². The van der Waals surface area contributed by atoms with E-state index < -0.39 is 42.6 Å². The van der Waals surface area contributed by atoms with Crippen LogP contribution in [0.1, 0.15) is 12.8 Å². The zero-order chi connectivity index (χ0) is 14.6. The summed E-state index contributed by atoms with van der Waals surface area (Å²) in [6.45, 7) is 4.85. The van der Waals surface area contributed by atoms with Gasteiger partial charge in [0.15, 0.2) is 17.4 Å². The molecule has 0 rings (SSSR count). The molecule has 0 heterocycles. The number of halogens is 6. The molecule has 0 aliphatic heterocycles. The van der Waals surface area contributed by atoms with Crippen LogP contribution in [0, 0.1) is 0 Å².